The van der Waals surface area contributed by atoms with Crippen LogP contribution in [0.4, 0.5) is 0 Å². The Hall–Kier alpha value is -2.56. The van der Waals surface area contributed by atoms with E-state index in [1.165, 1.54) is 0 Å². The summed E-state index contributed by atoms with van der Waals surface area (Å²) in [7, 11) is 0. The van der Waals surface area contributed by atoms with Crippen molar-refractivity contribution >= 4 is 23.3 Å². The Labute approximate surface area is 122 Å². The minimum Gasteiger partial charge on any atom is -0.467 e. The van der Waals surface area contributed by atoms with Gasteiger partial charge in [0.2, 0.25) is 0 Å². The van der Waals surface area contributed by atoms with Gasteiger partial charge in [0.15, 0.2) is 0 Å². The molecule has 1 aliphatic heterocycles. The maximum atomic E-state index is 12.5. The molecule has 1 aromatic heterocycles. The molecular weight excluding hydrogens is 268 g/mol. The van der Waals surface area contributed by atoms with Crippen molar-refractivity contribution in [1.82, 2.24) is 9.88 Å². The molecule has 0 fully saturated rings. The predicted octanol–water partition coefficient (Wildman–Crippen LogP) is 2.07. The molecule has 108 valence electrons. The number of carbonyl (C=O) groups is 2. The third-order valence-electron chi connectivity index (χ3n) is 3.81. The summed E-state index contributed by atoms with van der Waals surface area (Å²) in [6, 6.07) is 7.79. The average molecular weight is 284 g/mol. The van der Waals surface area contributed by atoms with Crippen LogP contribution in [0.15, 0.2) is 36.9 Å². The van der Waals surface area contributed by atoms with E-state index < -0.39 is 0 Å². The fraction of sp³-hybridized carbons (Fsp3) is 0.250. The molecule has 1 N–H and O–H groups in total. The lowest BCUT2D eigenvalue weighted by molar-refractivity contribution is -0.129. The molecule has 1 aliphatic rings. The molecule has 1 amide bonds. The van der Waals surface area contributed by atoms with Crippen LogP contribution in [0.25, 0.3) is 10.9 Å². The number of aromatic nitrogens is 1. The van der Waals surface area contributed by atoms with Crippen molar-refractivity contribution in [1.29, 1.82) is 0 Å². The van der Waals surface area contributed by atoms with E-state index in [1.807, 2.05) is 24.3 Å². The highest BCUT2D eigenvalue weighted by molar-refractivity contribution is 6.02. The maximum absolute atomic E-state index is 12.5. The number of H-pyrrole nitrogens is 1. The molecule has 0 saturated carbocycles. The zero-order valence-electron chi connectivity index (χ0n) is 11.5. The Morgan fingerprint density at radius 3 is 3.00 bits per heavy atom. The molecule has 0 radical (unpaired) electrons. The number of para-hydroxylation sites is 1. The van der Waals surface area contributed by atoms with Crippen molar-refractivity contribution in [3.05, 3.63) is 48.2 Å². The van der Waals surface area contributed by atoms with Crippen molar-refractivity contribution in [3.63, 3.8) is 0 Å². The summed E-state index contributed by atoms with van der Waals surface area (Å²) in [5, 5.41) is 1.01. The van der Waals surface area contributed by atoms with Gasteiger partial charge in [0.05, 0.1) is 6.61 Å². The fourth-order valence-electron chi connectivity index (χ4n) is 2.96. The van der Waals surface area contributed by atoms with Crippen LogP contribution in [0, 0.1) is 0 Å². The first-order valence-electron chi connectivity index (χ1n) is 6.82. The van der Waals surface area contributed by atoms with E-state index >= 15 is 0 Å². The largest absolute Gasteiger partial charge is 0.467 e. The Bertz CT molecular complexity index is 705. The van der Waals surface area contributed by atoms with Gasteiger partial charge in [0.1, 0.15) is 5.69 Å². The lowest BCUT2D eigenvalue weighted by atomic mass is 9.92. The number of ether oxygens (including phenoxy) is 1. The summed E-state index contributed by atoms with van der Waals surface area (Å²) in [6.07, 6.45) is 1.70. The van der Waals surface area contributed by atoms with E-state index in [1.54, 1.807) is 11.0 Å². The smallest absolute Gasteiger partial charge is 0.293 e. The van der Waals surface area contributed by atoms with Crippen LogP contribution in [-0.4, -0.2) is 42.0 Å². The Balaban J connectivity index is 2.11. The molecule has 0 spiro atoms. The minimum atomic E-state index is -0.0385. The minimum absolute atomic E-state index is 0.0287. The van der Waals surface area contributed by atoms with Crippen molar-refractivity contribution in [2.45, 2.75) is 5.92 Å². The normalized spacial score (nSPS) is 17.6. The lowest BCUT2D eigenvalue weighted by Crippen LogP contribution is -2.41. The molecule has 0 bridgehead atoms. The van der Waals surface area contributed by atoms with E-state index in [-0.39, 0.29) is 18.4 Å². The van der Waals surface area contributed by atoms with Gasteiger partial charge < -0.3 is 14.6 Å². The standard InChI is InChI=1S/C16H16N2O3/c1-2-7-18-8-11(9-21-10-19)14-12-5-3-4-6-13(12)17-15(14)16(18)20/h2-6,10-11,17H,1,7-9H2. The summed E-state index contributed by atoms with van der Waals surface area (Å²) in [4.78, 5) is 27.9. The Morgan fingerprint density at radius 1 is 1.43 bits per heavy atom. The van der Waals surface area contributed by atoms with Gasteiger partial charge >= 0.3 is 0 Å². The number of hydrogen-bond acceptors (Lipinski definition) is 3. The number of carbonyl (C=O) groups excluding carboxylic acids is 2. The van der Waals surface area contributed by atoms with E-state index in [9.17, 15) is 9.59 Å². The van der Waals surface area contributed by atoms with Crippen LogP contribution in [0.2, 0.25) is 0 Å². The van der Waals surface area contributed by atoms with Crippen molar-refractivity contribution in [2.75, 3.05) is 19.7 Å². The molecule has 2 heterocycles. The fourth-order valence-corrected chi connectivity index (χ4v) is 2.96. The summed E-state index contributed by atoms with van der Waals surface area (Å²) < 4.78 is 4.95. The van der Waals surface area contributed by atoms with Gasteiger partial charge in [-0.15, -0.1) is 6.58 Å². The van der Waals surface area contributed by atoms with E-state index in [0.717, 1.165) is 16.5 Å². The van der Waals surface area contributed by atoms with Gasteiger partial charge in [0, 0.05) is 29.9 Å². The first-order chi connectivity index (χ1) is 10.3. The van der Waals surface area contributed by atoms with Gasteiger partial charge in [-0.1, -0.05) is 24.3 Å². The van der Waals surface area contributed by atoms with Crippen LogP contribution in [-0.2, 0) is 9.53 Å². The molecule has 3 rings (SSSR count). The van der Waals surface area contributed by atoms with E-state index in [4.69, 9.17) is 4.74 Å². The first-order valence-corrected chi connectivity index (χ1v) is 6.82. The quantitative estimate of drug-likeness (QED) is 0.675. The summed E-state index contributed by atoms with van der Waals surface area (Å²) in [6.45, 7) is 5.39. The first kappa shape index (κ1) is 13.4. The monoisotopic (exact) mass is 284 g/mol. The summed E-state index contributed by atoms with van der Waals surface area (Å²) in [5.41, 5.74) is 2.45. The van der Waals surface area contributed by atoms with Crippen LogP contribution in [0.1, 0.15) is 22.0 Å². The zero-order chi connectivity index (χ0) is 14.8. The van der Waals surface area contributed by atoms with Crippen molar-refractivity contribution in [2.24, 2.45) is 0 Å². The summed E-state index contributed by atoms with van der Waals surface area (Å²) >= 11 is 0. The number of benzene rings is 1. The topological polar surface area (TPSA) is 62.4 Å². The van der Waals surface area contributed by atoms with Gasteiger partial charge in [0.25, 0.3) is 12.4 Å². The SMILES string of the molecule is C=CCN1CC(COC=O)c2c([nH]c3ccccc23)C1=O. The van der Waals surface area contributed by atoms with Gasteiger partial charge in [-0.2, -0.15) is 0 Å². The highest BCUT2D eigenvalue weighted by Crippen LogP contribution is 2.34. The second-order valence-corrected chi connectivity index (χ2v) is 5.08. The summed E-state index contributed by atoms with van der Waals surface area (Å²) in [5.74, 6) is -0.0672. The van der Waals surface area contributed by atoms with Gasteiger partial charge in [-0.3, -0.25) is 9.59 Å². The van der Waals surface area contributed by atoms with Crippen LogP contribution >= 0.6 is 0 Å². The molecule has 0 saturated heterocycles. The molecule has 1 unspecified atom stereocenters. The second kappa shape index (κ2) is 5.44. The van der Waals surface area contributed by atoms with E-state index in [0.29, 0.717) is 25.3 Å². The number of aromatic amines is 1. The lowest BCUT2D eigenvalue weighted by Gasteiger charge is -2.31. The van der Waals surface area contributed by atoms with Crippen LogP contribution < -0.4 is 0 Å². The van der Waals surface area contributed by atoms with Crippen molar-refractivity contribution in [3.8, 4) is 0 Å². The number of nitrogens with one attached hydrogen (secondary N) is 1. The highest BCUT2D eigenvalue weighted by Gasteiger charge is 2.34. The van der Waals surface area contributed by atoms with Crippen LogP contribution in [0.3, 0.4) is 0 Å². The number of fused-ring (bicyclic) bond motifs is 3. The number of hydrogen-bond donors (Lipinski definition) is 1. The number of amides is 1. The average Bonchev–Trinajstić information content (AvgIpc) is 2.89. The molecular formula is C16H16N2O3. The number of nitrogens with zero attached hydrogens (tertiary/aromatic N) is 1. The van der Waals surface area contributed by atoms with Crippen molar-refractivity contribution < 1.29 is 14.3 Å². The third-order valence-corrected chi connectivity index (χ3v) is 3.81. The molecule has 2 aromatic rings. The molecule has 5 nitrogen and oxygen atoms in total. The van der Waals surface area contributed by atoms with E-state index in [2.05, 4.69) is 11.6 Å². The number of rotatable bonds is 5. The van der Waals surface area contributed by atoms with Gasteiger partial charge in [-0.25, -0.2) is 0 Å². The maximum Gasteiger partial charge on any atom is 0.293 e. The highest BCUT2D eigenvalue weighted by atomic mass is 16.5. The molecule has 1 atom stereocenters. The Kier molecular flexibility index (Phi) is 3.48. The molecule has 21 heavy (non-hydrogen) atoms. The van der Waals surface area contributed by atoms with Crippen LogP contribution in [0.5, 0.6) is 0 Å². The third kappa shape index (κ3) is 2.20. The molecule has 0 aliphatic carbocycles. The zero-order valence-corrected chi connectivity index (χ0v) is 11.5. The molecule has 1 aromatic carbocycles. The predicted molar refractivity (Wildman–Crippen MR) is 79.2 cm³/mol. The Morgan fingerprint density at radius 2 is 2.24 bits per heavy atom. The second-order valence-electron chi connectivity index (χ2n) is 5.08. The van der Waals surface area contributed by atoms with Gasteiger partial charge in [-0.05, 0) is 11.6 Å². The molecule has 5 heteroatoms.